The van der Waals surface area contributed by atoms with E-state index >= 15 is 0 Å². The Hall–Kier alpha value is -0.390. The zero-order valence-corrected chi connectivity index (χ0v) is 13.9. The van der Waals surface area contributed by atoms with Crippen LogP contribution in [0.15, 0.2) is 27.3 Å². The lowest BCUT2D eigenvalue weighted by molar-refractivity contribution is 0.781. The Morgan fingerprint density at radius 2 is 1.94 bits per heavy atom. The van der Waals surface area contributed by atoms with E-state index in [4.69, 9.17) is 11.6 Å². The van der Waals surface area contributed by atoms with Gasteiger partial charge in [0.1, 0.15) is 5.69 Å². The molecule has 0 aliphatic carbocycles. The minimum atomic E-state index is -0.0956. The molecule has 1 aromatic carbocycles. The van der Waals surface area contributed by atoms with Crippen LogP contribution in [-0.4, -0.2) is 15.0 Å². The summed E-state index contributed by atoms with van der Waals surface area (Å²) >= 11 is 13.2. The van der Waals surface area contributed by atoms with Crippen LogP contribution in [0.2, 0.25) is 0 Å². The van der Waals surface area contributed by atoms with Crippen LogP contribution in [0.25, 0.3) is 5.69 Å². The SMILES string of the molecule is CCC(Cl)c1cn(-c2c(Br)cc(C)cc2Br)nn1. The summed E-state index contributed by atoms with van der Waals surface area (Å²) < 4.78 is 3.66. The molecule has 0 radical (unpaired) electrons. The van der Waals surface area contributed by atoms with Crippen LogP contribution < -0.4 is 0 Å². The van der Waals surface area contributed by atoms with Crippen LogP contribution >= 0.6 is 43.5 Å². The molecule has 2 rings (SSSR count). The highest BCUT2D eigenvalue weighted by atomic mass is 79.9. The Morgan fingerprint density at radius 3 is 2.50 bits per heavy atom. The molecule has 0 aliphatic rings. The smallest absolute Gasteiger partial charge is 0.101 e. The van der Waals surface area contributed by atoms with Crippen LogP contribution in [0.3, 0.4) is 0 Å². The summed E-state index contributed by atoms with van der Waals surface area (Å²) in [6.07, 6.45) is 2.69. The molecule has 3 nitrogen and oxygen atoms in total. The van der Waals surface area contributed by atoms with Gasteiger partial charge in [-0.3, -0.25) is 0 Å². The third-order valence-electron chi connectivity index (χ3n) is 2.58. The molecular formula is C12H12Br2ClN3. The van der Waals surface area contributed by atoms with Crippen molar-refractivity contribution in [2.75, 3.05) is 0 Å². The first kappa shape index (κ1) is 14.0. The van der Waals surface area contributed by atoms with Crippen molar-refractivity contribution in [3.8, 4) is 5.69 Å². The van der Waals surface area contributed by atoms with E-state index in [0.717, 1.165) is 26.7 Å². The second kappa shape index (κ2) is 5.72. The van der Waals surface area contributed by atoms with Gasteiger partial charge in [0.15, 0.2) is 0 Å². The van der Waals surface area contributed by atoms with Crippen molar-refractivity contribution < 1.29 is 0 Å². The highest BCUT2D eigenvalue weighted by Crippen LogP contribution is 2.31. The predicted molar refractivity (Wildman–Crippen MR) is 80.4 cm³/mol. The van der Waals surface area contributed by atoms with E-state index in [1.807, 2.05) is 32.2 Å². The fraction of sp³-hybridized carbons (Fsp3) is 0.333. The average Bonchev–Trinajstić information content (AvgIpc) is 2.76. The maximum Gasteiger partial charge on any atom is 0.101 e. The maximum absolute atomic E-state index is 6.16. The quantitative estimate of drug-likeness (QED) is 0.702. The molecule has 1 unspecified atom stereocenters. The first-order valence-corrected chi connectivity index (χ1v) is 7.57. The van der Waals surface area contributed by atoms with Gasteiger partial charge in [0.25, 0.3) is 0 Å². The second-order valence-electron chi connectivity index (χ2n) is 4.04. The van der Waals surface area contributed by atoms with E-state index in [1.54, 1.807) is 4.68 Å². The third kappa shape index (κ3) is 2.78. The van der Waals surface area contributed by atoms with E-state index < -0.39 is 0 Å². The molecule has 0 fully saturated rings. The van der Waals surface area contributed by atoms with Crippen molar-refractivity contribution in [1.82, 2.24) is 15.0 Å². The number of rotatable bonds is 3. The maximum atomic E-state index is 6.16. The molecule has 0 saturated carbocycles. The van der Waals surface area contributed by atoms with E-state index in [9.17, 15) is 0 Å². The molecule has 1 aromatic heterocycles. The van der Waals surface area contributed by atoms with Crippen molar-refractivity contribution in [2.45, 2.75) is 25.6 Å². The van der Waals surface area contributed by atoms with Gasteiger partial charge in [-0.1, -0.05) is 12.1 Å². The van der Waals surface area contributed by atoms with Gasteiger partial charge < -0.3 is 0 Å². The summed E-state index contributed by atoms with van der Waals surface area (Å²) in [4.78, 5) is 0. The number of aromatic nitrogens is 3. The summed E-state index contributed by atoms with van der Waals surface area (Å²) in [5.41, 5.74) is 2.89. The number of alkyl halides is 1. The van der Waals surface area contributed by atoms with Gasteiger partial charge in [-0.25, -0.2) is 4.68 Å². The molecule has 0 aliphatic heterocycles. The number of benzene rings is 1. The summed E-state index contributed by atoms with van der Waals surface area (Å²) in [5.74, 6) is 0. The Bertz CT molecular complexity index is 545. The largest absolute Gasteiger partial charge is 0.218 e. The molecule has 0 spiro atoms. The molecule has 18 heavy (non-hydrogen) atoms. The van der Waals surface area contributed by atoms with Gasteiger partial charge in [0, 0.05) is 8.95 Å². The molecule has 0 saturated heterocycles. The molecule has 1 heterocycles. The standard InChI is InChI=1S/C12H12Br2ClN3/c1-3-10(15)11-6-18(17-16-11)12-8(13)4-7(2)5-9(12)14/h4-6,10H,3H2,1-2H3. The lowest BCUT2D eigenvalue weighted by Gasteiger charge is -2.08. The summed E-state index contributed by atoms with van der Waals surface area (Å²) in [5, 5.41) is 8.14. The molecule has 0 amide bonds. The molecule has 2 aromatic rings. The van der Waals surface area contributed by atoms with Crippen molar-refractivity contribution in [3.05, 3.63) is 38.5 Å². The number of hydrogen-bond acceptors (Lipinski definition) is 2. The van der Waals surface area contributed by atoms with E-state index in [-0.39, 0.29) is 5.38 Å². The molecule has 0 bridgehead atoms. The second-order valence-corrected chi connectivity index (χ2v) is 6.28. The van der Waals surface area contributed by atoms with Crippen molar-refractivity contribution >= 4 is 43.5 Å². The monoisotopic (exact) mass is 391 g/mol. The lowest BCUT2D eigenvalue weighted by Crippen LogP contribution is -1.98. The zero-order valence-electron chi connectivity index (χ0n) is 9.99. The first-order chi connectivity index (χ1) is 8.52. The molecular weight excluding hydrogens is 381 g/mol. The molecule has 1 atom stereocenters. The van der Waals surface area contributed by atoms with Crippen molar-refractivity contribution in [3.63, 3.8) is 0 Å². The predicted octanol–water partition coefficient (Wildman–Crippen LogP) is 4.79. The van der Waals surface area contributed by atoms with Gasteiger partial charge in [-0.15, -0.1) is 16.7 Å². The first-order valence-electron chi connectivity index (χ1n) is 5.55. The number of hydrogen-bond donors (Lipinski definition) is 0. The van der Waals surface area contributed by atoms with Gasteiger partial charge in [-0.05, 0) is 62.9 Å². The van der Waals surface area contributed by atoms with Crippen LogP contribution in [0.4, 0.5) is 0 Å². The van der Waals surface area contributed by atoms with E-state index in [0.29, 0.717) is 0 Å². The topological polar surface area (TPSA) is 30.7 Å². The molecule has 0 N–H and O–H groups in total. The Kier molecular flexibility index (Phi) is 4.45. The average molecular weight is 394 g/mol. The van der Waals surface area contributed by atoms with Crippen LogP contribution in [0.5, 0.6) is 0 Å². The highest BCUT2D eigenvalue weighted by Gasteiger charge is 2.14. The van der Waals surface area contributed by atoms with Crippen LogP contribution in [0, 0.1) is 6.92 Å². The van der Waals surface area contributed by atoms with Gasteiger partial charge in [0.05, 0.1) is 17.3 Å². The fourth-order valence-corrected chi connectivity index (χ4v) is 3.53. The summed E-state index contributed by atoms with van der Waals surface area (Å²) in [6.45, 7) is 4.06. The summed E-state index contributed by atoms with van der Waals surface area (Å²) in [7, 11) is 0. The van der Waals surface area contributed by atoms with Gasteiger partial charge in [-0.2, -0.15) is 0 Å². The zero-order chi connectivity index (χ0) is 13.3. The van der Waals surface area contributed by atoms with Crippen molar-refractivity contribution in [1.29, 1.82) is 0 Å². The lowest BCUT2D eigenvalue weighted by atomic mass is 10.2. The Morgan fingerprint density at radius 1 is 1.33 bits per heavy atom. The van der Waals surface area contributed by atoms with E-state index in [2.05, 4.69) is 42.2 Å². The summed E-state index contributed by atoms with van der Waals surface area (Å²) in [6, 6.07) is 4.08. The third-order valence-corrected chi connectivity index (χ3v) is 4.32. The van der Waals surface area contributed by atoms with Gasteiger partial charge >= 0.3 is 0 Å². The van der Waals surface area contributed by atoms with Crippen LogP contribution in [0.1, 0.15) is 30.0 Å². The molecule has 6 heteroatoms. The normalized spacial score (nSPS) is 12.7. The minimum absolute atomic E-state index is 0.0956. The van der Waals surface area contributed by atoms with Crippen LogP contribution in [-0.2, 0) is 0 Å². The Labute approximate surface area is 128 Å². The van der Waals surface area contributed by atoms with E-state index in [1.165, 1.54) is 5.56 Å². The number of halogens is 3. The fourth-order valence-electron chi connectivity index (χ4n) is 1.65. The Balaban J connectivity index is 2.46. The number of aryl methyl sites for hydroxylation is 1. The number of nitrogens with zero attached hydrogens (tertiary/aromatic N) is 3. The van der Waals surface area contributed by atoms with Gasteiger partial charge in [0.2, 0.25) is 0 Å². The minimum Gasteiger partial charge on any atom is -0.218 e. The molecule has 96 valence electrons. The highest BCUT2D eigenvalue weighted by molar-refractivity contribution is 9.11. The van der Waals surface area contributed by atoms with Crippen molar-refractivity contribution in [2.24, 2.45) is 0 Å².